The Kier molecular flexibility index (Phi) is 6.54. The summed E-state index contributed by atoms with van der Waals surface area (Å²) in [5.41, 5.74) is 1.78. The number of carbonyl (C=O) groups excluding carboxylic acids is 1. The van der Waals surface area contributed by atoms with Gasteiger partial charge in [0, 0.05) is 23.2 Å². The Morgan fingerprint density at radius 2 is 1.78 bits per heavy atom. The van der Waals surface area contributed by atoms with Crippen LogP contribution in [0.4, 0.5) is 0 Å². The molecule has 5 nitrogen and oxygen atoms in total. The number of halogens is 1. The van der Waals surface area contributed by atoms with Crippen LogP contribution in [-0.2, 0) is 10.0 Å². The lowest BCUT2D eigenvalue weighted by Gasteiger charge is -2.31. The number of benzene rings is 2. The lowest BCUT2D eigenvalue weighted by molar-refractivity contribution is 0.0940. The zero-order chi connectivity index (χ0) is 19.4. The highest BCUT2D eigenvalue weighted by Gasteiger charge is 2.29. The van der Waals surface area contributed by atoms with E-state index in [4.69, 9.17) is 0 Å². The fourth-order valence-electron chi connectivity index (χ4n) is 3.25. The minimum absolute atomic E-state index is 0.0672. The van der Waals surface area contributed by atoms with E-state index in [0.29, 0.717) is 36.0 Å². The van der Waals surface area contributed by atoms with E-state index in [1.54, 1.807) is 28.6 Å². The van der Waals surface area contributed by atoms with Gasteiger partial charge in [0.15, 0.2) is 0 Å². The van der Waals surface area contributed by atoms with E-state index in [-0.39, 0.29) is 5.91 Å². The number of aryl methyl sites for hydroxylation is 1. The maximum Gasteiger partial charge on any atom is 0.252 e. The minimum atomic E-state index is -3.43. The first kappa shape index (κ1) is 20.3. The molecule has 7 heteroatoms. The van der Waals surface area contributed by atoms with E-state index in [0.717, 1.165) is 22.0 Å². The number of rotatable bonds is 5. The summed E-state index contributed by atoms with van der Waals surface area (Å²) >= 11 is 2.20. The molecule has 1 fully saturated rings. The first-order valence-corrected chi connectivity index (χ1v) is 11.5. The minimum Gasteiger partial charge on any atom is -0.352 e. The van der Waals surface area contributed by atoms with Crippen molar-refractivity contribution in [3.05, 3.63) is 63.2 Å². The highest BCUT2D eigenvalue weighted by molar-refractivity contribution is 14.1. The van der Waals surface area contributed by atoms with Gasteiger partial charge in [0.05, 0.1) is 10.5 Å². The van der Waals surface area contributed by atoms with Crippen molar-refractivity contribution in [2.45, 2.75) is 24.7 Å². The summed E-state index contributed by atoms with van der Waals surface area (Å²) in [7, 11) is -3.43. The number of hydrogen-bond donors (Lipinski definition) is 1. The van der Waals surface area contributed by atoms with Crippen LogP contribution < -0.4 is 5.32 Å². The van der Waals surface area contributed by atoms with Gasteiger partial charge in [0.25, 0.3) is 5.91 Å². The van der Waals surface area contributed by atoms with Gasteiger partial charge in [-0.1, -0.05) is 30.3 Å². The van der Waals surface area contributed by atoms with E-state index >= 15 is 0 Å². The van der Waals surface area contributed by atoms with Crippen molar-refractivity contribution >= 4 is 38.5 Å². The first-order chi connectivity index (χ1) is 12.9. The third kappa shape index (κ3) is 4.70. The molecule has 3 rings (SSSR count). The molecule has 0 aromatic heterocycles. The lowest BCUT2D eigenvalue weighted by Crippen LogP contribution is -2.41. The van der Waals surface area contributed by atoms with Crippen molar-refractivity contribution in [3.63, 3.8) is 0 Å². The Morgan fingerprint density at radius 3 is 2.44 bits per heavy atom. The third-order valence-electron chi connectivity index (χ3n) is 4.94. The fraction of sp³-hybridized carbons (Fsp3) is 0.350. The van der Waals surface area contributed by atoms with E-state index in [1.165, 1.54) is 0 Å². The van der Waals surface area contributed by atoms with Crippen LogP contribution in [0.3, 0.4) is 0 Å². The maximum atomic E-state index is 12.7. The quantitative estimate of drug-likeness (QED) is 0.643. The molecule has 0 spiro atoms. The van der Waals surface area contributed by atoms with Crippen molar-refractivity contribution in [3.8, 4) is 0 Å². The monoisotopic (exact) mass is 498 g/mol. The first-order valence-electron chi connectivity index (χ1n) is 8.98. The van der Waals surface area contributed by atoms with Crippen LogP contribution in [0.1, 0.15) is 28.8 Å². The highest BCUT2D eigenvalue weighted by atomic mass is 127. The Balaban J connectivity index is 1.54. The van der Waals surface area contributed by atoms with Gasteiger partial charge in [-0.15, -0.1) is 0 Å². The van der Waals surface area contributed by atoms with Crippen molar-refractivity contribution in [1.82, 2.24) is 9.62 Å². The normalized spacial score (nSPS) is 16.2. The standard InChI is InChI=1S/C20H23IN2O3S/c1-15-6-5-9-18(19(15)21)20(24)22-14-16-10-12-23(13-11-16)27(25,26)17-7-3-2-4-8-17/h2-9,16H,10-14H2,1H3,(H,22,24). The Labute approximate surface area is 174 Å². The number of amides is 1. The molecule has 0 saturated carbocycles. The predicted octanol–water partition coefficient (Wildman–Crippen LogP) is 3.43. The van der Waals surface area contributed by atoms with Gasteiger partial charge in [-0.05, 0) is 72.0 Å². The van der Waals surface area contributed by atoms with Gasteiger partial charge in [0.2, 0.25) is 10.0 Å². The van der Waals surface area contributed by atoms with E-state index in [1.807, 2.05) is 31.2 Å². The predicted molar refractivity (Wildman–Crippen MR) is 114 cm³/mol. The van der Waals surface area contributed by atoms with Gasteiger partial charge in [0.1, 0.15) is 0 Å². The molecule has 2 aromatic carbocycles. The van der Waals surface area contributed by atoms with E-state index < -0.39 is 10.0 Å². The molecular weight excluding hydrogens is 475 g/mol. The maximum absolute atomic E-state index is 12.7. The van der Waals surface area contributed by atoms with Gasteiger partial charge >= 0.3 is 0 Å². The molecule has 1 aliphatic heterocycles. The fourth-order valence-corrected chi connectivity index (χ4v) is 5.35. The summed E-state index contributed by atoms with van der Waals surface area (Å²) in [6.07, 6.45) is 1.49. The highest BCUT2D eigenvalue weighted by Crippen LogP contribution is 2.23. The number of nitrogens with one attached hydrogen (secondary N) is 1. The second kappa shape index (κ2) is 8.70. The molecular formula is C20H23IN2O3S. The van der Waals surface area contributed by atoms with Crippen LogP contribution in [0.5, 0.6) is 0 Å². The van der Waals surface area contributed by atoms with Gasteiger partial charge in [-0.2, -0.15) is 4.31 Å². The van der Waals surface area contributed by atoms with E-state index in [2.05, 4.69) is 27.9 Å². The number of nitrogens with zero attached hydrogens (tertiary/aromatic N) is 1. The molecule has 0 radical (unpaired) electrons. The topological polar surface area (TPSA) is 66.5 Å². The average Bonchev–Trinajstić information content (AvgIpc) is 2.69. The molecule has 0 unspecified atom stereocenters. The molecule has 2 aromatic rings. The molecule has 1 aliphatic rings. The summed E-state index contributed by atoms with van der Waals surface area (Å²) in [5, 5.41) is 3.01. The Bertz CT molecular complexity index is 908. The van der Waals surface area contributed by atoms with E-state index in [9.17, 15) is 13.2 Å². The largest absolute Gasteiger partial charge is 0.352 e. The van der Waals surface area contributed by atoms with Crippen LogP contribution >= 0.6 is 22.6 Å². The SMILES string of the molecule is Cc1cccc(C(=O)NCC2CCN(S(=O)(=O)c3ccccc3)CC2)c1I. The molecule has 0 aliphatic carbocycles. The summed E-state index contributed by atoms with van der Waals surface area (Å²) < 4.78 is 27.9. The van der Waals surface area contributed by atoms with Gasteiger partial charge < -0.3 is 5.32 Å². The molecule has 0 bridgehead atoms. The zero-order valence-corrected chi connectivity index (χ0v) is 18.2. The molecule has 1 saturated heterocycles. The lowest BCUT2D eigenvalue weighted by atomic mass is 9.98. The van der Waals surface area contributed by atoms with Gasteiger partial charge in [-0.3, -0.25) is 4.79 Å². The molecule has 27 heavy (non-hydrogen) atoms. The number of carbonyl (C=O) groups is 1. The second-order valence-electron chi connectivity index (χ2n) is 6.81. The summed E-state index contributed by atoms with van der Waals surface area (Å²) in [6.45, 7) is 3.53. The van der Waals surface area contributed by atoms with Crippen LogP contribution in [0.25, 0.3) is 0 Å². The van der Waals surface area contributed by atoms with Crippen LogP contribution in [0.2, 0.25) is 0 Å². The Hall–Kier alpha value is -1.45. The van der Waals surface area contributed by atoms with Crippen LogP contribution in [0.15, 0.2) is 53.4 Å². The van der Waals surface area contributed by atoms with Crippen molar-refractivity contribution in [2.24, 2.45) is 5.92 Å². The molecule has 1 N–H and O–H groups in total. The second-order valence-corrected chi connectivity index (χ2v) is 9.82. The average molecular weight is 498 g/mol. The summed E-state index contributed by atoms with van der Waals surface area (Å²) in [6, 6.07) is 14.3. The molecule has 1 amide bonds. The van der Waals surface area contributed by atoms with Crippen molar-refractivity contribution < 1.29 is 13.2 Å². The van der Waals surface area contributed by atoms with Gasteiger partial charge in [-0.25, -0.2) is 8.42 Å². The number of sulfonamides is 1. The Morgan fingerprint density at radius 1 is 1.11 bits per heavy atom. The van der Waals surface area contributed by atoms with Crippen molar-refractivity contribution in [1.29, 1.82) is 0 Å². The zero-order valence-electron chi connectivity index (χ0n) is 15.2. The van der Waals surface area contributed by atoms with Crippen LogP contribution in [-0.4, -0.2) is 38.3 Å². The number of hydrogen-bond acceptors (Lipinski definition) is 3. The van der Waals surface area contributed by atoms with Crippen molar-refractivity contribution in [2.75, 3.05) is 19.6 Å². The smallest absolute Gasteiger partial charge is 0.252 e. The third-order valence-corrected chi connectivity index (χ3v) is 8.29. The summed E-state index contributed by atoms with van der Waals surface area (Å²) in [4.78, 5) is 12.8. The number of piperidine rings is 1. The molecule has 144 valence electrons. The molecule has 0 atom stereocenters. The van der Waals surface area contributed by atoms with Crippen LogP contribution in [0, 0.1) is 16.4 Å². The summed E-state index contributed by atoms with van der Waals surface area (Å²) in [5.74, 6) is 0.223. The molecule has 1 heterocycles.